The molecule has 0 aliphatic rings. The van der Waals surface area contributed by atoms with Crippen LogP contribution in [-0.4, -0.2) is 31.2 Å². The third-order valence-corrected chi connectivity index (χ3v) is 4.20. The molecule has 2 N–H and O–H groups in total. The summed E-state index contributed by atoms with van der Waals surface area (Å²) in [5, 5.41) is 7.31. The lowest BCUT2D eigenvalue weighted by atomic mass is 10.2. The number of hydrogen-bond donors (Lipinski definition) is 2. The molecule has 150 valence electrons. The fourth-order valence-corrected chi connectivity index (χ4v) is 2.90. The molecular weight excluding hydrogens is 489 g/mol. The molecule has 0 saturated carbocycles. The number of aromatic nitrogens is 1. The second-order valence-electron chi connectivity index (χ2n) is 5.24. The zero-order chi connectivity index (χ0) is 18.9. The van der Waals surface area contributed by atoms with Gasteiger partial charge in [0.25, 0.3) is 0 Å². The molecule has 1 heterocycles. The van der Waals surface area contributed by atoms with Crippen LogP contribution in [0.25, 0.3) is 0 Å². The molecule has 1 aromatic heterocycles. The first-order valence-electron chi connectivity index (χ1n) is 8.08. The smallest absolute Gasteiger partial charge is 0.387 e. The summed E-state index contributed by atoms with van der Waals surface area (Å²) in [4.78, 5) is 9.60. The first-order valence-corrected chi connectivity index (χ1v) is 8.89. The van der Waals surface area contributed by atoms with Gasteiger partial charge in [0.1, 0.15) is 5.01 Å². The Balaban J connectivity index is 0.00000364. The van der Waals surface area contributed by atoms with Gasteiger partial charge >= 0.3 is 6.61 Å². The summed E-state index contributed by atoms with van der Waals surface area (Å²) in [6, 6.07) is 4.85. The van der Waals surface area contributed by atoms with Crippen molar-refractivity contribution < 1.29 is 18.3 Å². The molecule has 0 unspecified atom stereocenters. The first-order chi connectivity index (χ1) is 12.5. The van der Waals surface area contributed by atoms with Crippen LogP contribution in [0, 0.1) is 6.92 Å². The lowest BCUT2D eigenvalue weighted by molar-refractivity contribution is -0.0514. The van der Waals surface area contributed by atoms with Crippen LogP contribution in [0.5, 0.6) is 11.5 Å². The molecule has 0 atom stereocenters. The van der Waals surface area contributed by atoms with E-state index in [1.54, 1.807) is 37.4 Å². The summed E-state index contributed by atoms with van der Waals surface area (Å²) in [6.45, 7) is 2.27. The first kappa shape index (κ1) is 23.3. The van der Waals surface area contributed by atoms with Crippen molar-refractivity contribution in [2.75, 3.05) is 13.7 Å². The van der Waals surface area contributed by atoms with E-state index >= 15 is 0 Å². The maximum Gasteiger partial charge on any atom is 0.387 e. The number of alkyl halides is 2. The topological polar surface area (TPSA) is 67.8 Å². The molecule has 0 saturated heterocycles. The van der Waals surface area contributed by atoms with Gasteiger partial charge in [-0.3, -0.25) is 4.99 Å². The summed E-state index contributed by atoms with van der Waals surface area (Å²) in [6.07, 6.45) is 1.83. The van der Waals surface area contributed by atoms with E-state index in [1.807, 2.05) is 13.1 Å². The van der Waals surface area contributed by atoms with E-state index in [0.717, 1.165) is 15.4 Å². The van der Waals surface area contributed by atoms with Crippen LogP contribution in [0.4, 0.5) is 8.78 Å². The average molecular weight is 512 g/mol. The Bertz CT molecular complexity index is 743. The predicted octanol–water partition coefficient (Wildman–Crippen LogP) is 3.93. The van der Waals surface area contributed by atoms with Gasteiger partial charge in [-0.15, -0.1) is 35.3 Å². The van der Waals surface area contributed by atoms with Gasteiger partial charge in [0.2, 0.25) is 0 Å². The minimum atomic E-state index is -2.89. The number of thiazole rings is 1. The van der Waals surface area contributed by atoms with E-state index in [1.165, 1.54) is 6.07 Å². The second kappa shape index (κ2) is 11.9. The van der Waals surface area contributed by atoms with Crippen molar-refractivity contribution in [1.29, 1.82) is 0 Å². The highest BCUT2D eigenvalue weighted by Gasteiger charge is 2.12. The number of halogens is 3. The average Bonchev–Trinajstić information content (AvgIpc) is 3.02. The van der Waals surface area contributed by atoms with Crippen molar-refractivity contribution in [3.8, 4) is 11.5 Å². The van der Waals surface area contributed by atoms with Crippen LogP contribution in [-0.2, 0) is 13.1 Å². The van der Waals surface area contributed by atoms with Crippen molar-refractivity contribution in [3.05, 3.63) is 39.8 Å². The number of ether oxygens (including phenoxy) is 2. The zero-order valence-electron chi connectivity index (χ0n) is 15.3. The van der Waals surface area contributed by atoms with Gasteiger partial charge in [-0.2, -0.15) is 8.78 Å². The Morgan fingerprint density at radius 2 is 2.00 bits per heavy atom. The number of benzene rings is 1. The van der Waals surface area contributed by atoms with Crippen molar-refractivity contribution in [3.63, 3.8) is 0 Å². The van der Waals surface area contributed by atoms with E-state index < -0.39 is 6.61 Å². The largest absolute Gasteiger partial charge is 0.490 e. The van der Waals surface area contributed by atoms with Gasteiger partial charge in [0.15, 0.2) is 17.5 Å². The molecule has 0 fully saturated rings. The van der Waals surface area contributed by atoms with Crippen molar-refractivity contribution in [2.45, 2.75) is 33.5 Å². The van der Waals surface area contributed by atoms with Gasteiger partial charge in [-0.1, -0.05) is 6.07 Å². The van der Waals surface area contributed by atoms with Crippen molar-refractivity contribution in [1.82, 2.24) is 15.6 Å². The van der Waals surface area contributed by atoms with E-state index in [0.29, 0.717) is 25.7 Å². The van der Waals surface area contributed by atoms with Crippen LogP contribution in [0.3, 0.4) is 0 Å². The molecule has 0 amide bonds. The van der Waals surface area contributed by atoms with Crippen molar-refractivity contribution >= 4 is 41.3 Å². The van der Waals surface area contributed by atoms with E-state index in [2.05, 4.69) is 25.3 Å². The summed E-state index contributed by atoms with van der Waals surface area (Å²) >= 11 is 1.62. The Labute approximate surface area is 178 Å². The molecular formula is C17H23F2IN4O2S. The van der Waals surface area contributed by atoms with Crippen LogP contribution < -0.4 is 20.1 Å². The van der Waals surface area contributed by atoms with Gasteiger partial charge in [-0.05, 0) is 31.5 Å². The number of nitrogens with zero attached hydrogens (tertiary/aromatic N) is 2. The molecule has 6 nitrogen and oxygen atoms in total. The van der Waals surface area contributed by atoms with Gasteiger partial charge in [0, 0.05) is 24.7 Å². The quantitative estimate of drug-likeness (QED) is 0.319. The molecule has 1 aromatic carbocycles. The number of guanidine groups is 1. The Hall–Kier alpha value is -1.69. The number of hydrogen-bond acceptors (Lipinski definition) is 5. The van der Waals surface area contributed by atoms with Crippen LogP contribution >= 0.6 is 35.3 Å². The highest BCUT2D eigenvalue weighted by molar-refractivity contribution is 14.0. The van der Waals surface area contributed by atoms with Crippen LogP contribution in [0.1, 0.15) is 22.4 Å². The number of rotatable bonds is 8. The number of aliphatic imine (C=N–C) groups is 1. The zero-order valence-corrected chi connectivity index (χ0v) is 18.4. The highest BCUT2D eigenvalue weighted by atomic mass is 127. The van der Waals surface area contributed by atoms with Gasteiger partial charge < -0.3 is 20.1 Å². The molecule has 0 bridgehead atoms. The normalized spacial score (nSPS) is 11.1. The standard InChI is InChI=1S/C17H22F2N4O2S.HI/c1-4-24-14-7-12(5-6-13(14)25-16(18)19)9-22-17(20-3)23-10-15-21-8-11(2)26-15;/h5-8,16H,4,9-10H2,1-3H3,(H2,20,22,23);1H. The summed E-state index contributed by atoms with van der Waals surface area (Å²) < 4.78 is 34.7. The van der Waals surface area contributed by atoms with Crippen LogP contribution in [0.2, 0.25) is 0 Å². The fraction of sp³-hybridized carbons (Fsp3) is 0.412. The van der Waals surface area contributed by atoms with E-state index in [-0.39, 0.29) is 35.5 Å². The summed E-state index contributed by atoms with van der Waals surface area (Å²) in [5.41, 5.74) is 0.850. The minimum absolute atomic E-state index is 0. The molecule has 0 aliphatic heterocycles. The molecule has 0 aliphatic carbocycles. The Morgan fingerprint density at radius 3 is 2.59 bits per heavy atom. The van der Waals surface area contributed by atoms with Gasteiger partial charge in [-0.25, -0.2) is 4.98 Å². The maximum atomic E-state index is 12.4. The molecule has 2 rings (SSSR count). The summed E-state index contributed by atoms with van der Waals surface area (Å²) in [5.74, 6) is 0.921. The fourth-order valence-electron chi connectivity index (χ4n) is 2.17. The van der Waals surface area contributed by atoms with Crippen LogP contribution in [0.15, 0.2) is 29.4 Å². The number of nitrogens with one attached hydrogen (secondary N) is 2. The van der Waals surface area contributed by atoms with E-state index in [9.17, 15) is 8.78 Å². The minimum Gasteiger partial charge on any atom is -0.490 e. The molecule has 2 aromatic rings. The molecule has 0 spiro atoms. The number of aryl methyl sites for hydroxylation is 1. The highest BCUT2D eigenvalue weighted by Crippen LogP contribution is 2.29. The van der Waals surface area contributed by atoms with Gasteiger partial charge in [0.05, 0.1) is 13.2 Å². The molecule has 10 heteroatoms. The third-order valence-electron chi connectivity index (χ3n) is 3.28. The Kier molecular flexibility index (Phi) is 10.3. The monoisotopic (exact) mass is 512 g/mol. The van der Waals surface area contributed by atoms with E-state index in [4.69, 9.17) is 4.74 Å². The lowest BCUT2D eigenvalue weighted by Crippen LogP contribution is -2.36. The predicted molar refractivity (Wildman–Crippen MR) is 114 cm³/mol. The second-order valence-corrected chi connectivity index (χ2v) is 6.56. The maximum absolute atomic E-state index is 12.4. The SMILES string of the molecule is CCOc1cc(CNC(=NC)NCc2ncc(C)s2)ccc1OC(F)F.I. The third kappa shape index (κ3) is 7.83. The summed E-state index contributed by atoms with van der Waals surface area (Å²) in [7, 11) is 1.67. The Morgan fingerprint density at radius 1 is 1.26 bits per heavy atom. The molecule has 27 heavy (non-hydrogen) atoms. The lowest BCUT2D eigenvalue weighted by Gasteiger charge is -2.14. The molecule has 0 radical (unpaired) electrons. The van der Waals surface area contributed by atoms with Crippen molar-refractivity contribution in [2.24, 2.45) is 4.99 Å².